The molecular formula is C44H50BrCl2N5O8. The number of rotatable bonds is 5. The Bertz CT molecular complexity index is 2640. The van der Waals surface area contributed by atoms with E-state index in [2.05, 4.69) is 36.2 Å². The van der Waals surface area contributed by atoms with Gasteiger partial charge in [-0.15, -0.1) is 0 Å². The minimum absolute atomic E-state index is 0.0202. The normalized spacial score (nSPS) is 12.3. The number of aromatic amines is 1. The fraction of sp³-hybridized carbons (Fsp3) is 0.409. The van der Waals surface area contributed by atoms with Gasteiger partial charge in [-0.05, 0) is 95.2 Å². The van der Waals surface area contributed by atoms with Crippen LogP contribution in [0.5, 0.6) is 0 Å². The Morgan fingerprint density at radius 2 is 1.28 bits per heavy atom. The molecular weight excluding hydrogens is 877 g/mol. The van der Waals surface area contributed by atoms with E-state index in [1.54, 1.807) is 114 Å². The average molecular weight is 928 g/mol. The molecule has 4 heterocycles. The molecule has 2 N–H and O–H groups in total. The molecule has 0 aliphatic rings. The van der Waals surface area contributed by atoms with Crippen molar-refractivity contribution < 1.29 is 38.1 Å². The summed E-state index contributed by atoms with van der Waals surface area (Å²) in [5, 5.41) is 8.04. The van der Waals surface area contributed by atoms with Crippen molar-refractivity contribution in [3.8, 4) is 0 Å². The molecule has 6 rings (SSSR count). The van der Waals surface area contributed by atoms with Gasteiger partial charge in [-0.25, -0.2) is 33.7 Å². The van der Waals surface area contributed by atoms with Crippen LogP contribution in [0.25, 0.3) is 43.4 Å². The van der Waals surface area contributed by atoms with Crippen LogP contribution in [-0.4, -0.2) is 66.0 Å². The third-order valence-electron chi connectivity index (χ3n) is 8.29. The van der Waals surface area contributed by atoms with Crippen LogP contribution in [0.2, 0.25) is 10.3 Å². The van der Waals surface area contributed by atoms with Crippen molar-refractivity contribution in [2.45, 2.75) is 117 Å². The van der Waals surface area contributed by atoms with Gasteiger partial charge in [0.05, 0.1) is 40.1 Å². The molecule has 13 nitrogen and oxygen atoms in total. The van der Waals surface area contributed by atoms with Crippen LogP contribution in [0.15, 0.2) is 48.8 Å². The quantitative estimate of drug-likeness (QED) is 0.0736. The van der Waals surface area contributed by atoms with Gasteiger partial charge in [0.25, 0.3) is 0 Å². The maximum atomic E-state index is 13.2. The van der Waals surface area contributed by atoms with E-state index < -0.39 is 46.5 Å². The monoisotopic (exact) mass is 925 g/mol. The predicted octanol–water partition coefficient (Wildman–Crippen LogP) is 11.8. The van der Waals surface area contributed by atoms with Gasteiger partial charge in [-0.1, -0.05) is 63.4 Å². The third kappa shape index (κ3) is 11.1. The lowest BCUT2D eigenvalue weighted by Gasteiger charge is -2.21. The molecule has 2 aromatic carbocycles. The first-order valence-corrected chi connectivity index (χ1v) is 21.0. The number of carbonyl (C=O) groups is 4. The van der Waals surface area contributed by atoms with Crippen LogP contribution < -0.4 is 5.32 Å². The maximum absolute atomic E-state index is 13.2. The van der Waals surface area contributed by atoms with Gasteiger partial charge in [0, 0.05) is 50.0 Å². The standard InChI is InChI=1S/C22H24BrClN2O4.C22H26ClN3O4/c1-21(2,3)29-19(27)17-13-8-7-12-11-25-16(24)9-14(12)18(13)26(15(17)10-23)20(28)30-22(4,5)6;1-21(2,3)29-19(27)17-13-8-7-12-10-24-16(23)9-14(12)18(13)26-15(17)11-25-20(28)30-22(4,5)6/h7-9,11H,10H2,1-6H3;7-10,24H,11H2,1-6H3,(H,25,28). The second-order valence-corrected chi connectivity index (χ2v) is 19.4. The number of pyridine rings is 2. The van der Waals surface area contributed by atoms with Crippen molar-refractivity contribution >= 4 is 107 Å². The molecule has 0 fully saturated rings. The van der Waals surface area contributed by atoms with Crippen molar-refractivity contribution in [3.05, 3.63) is 81.6 Å². The topological polar surface area (TPSA) is 164 Å². The molecule has 0 aliphatic heterocycles. The molecule has 320 valence electrons. The highest BCUT2D eigenvalue weighted by molar-refractivity contribution is 9.08. The zero-order valence-electron chi connectivity index (χ0n) is 35.8. The van der Waals surface area contributed by atoms with Gasteiger partial charge >= 0.3 is 24.1 Å². The number of hydrogen-bond acceptors (Lipinski definition) is 10. The minimum Gasteiger partial charge on any atom is -0.456 e. The fourth-order valence-electron chi connectivity index (χ4n) is 6.25. The Kier molecular flexibility index (Phi) is 13.2. The number of benzene rings is 2. The van der Waals surface area contributed by atoms with Crippen molar-refractivity contribution in [1.82, 2.24) is 24.8 Å². The lowest BCUT2D eigenvalue weighted by Crippen LogP contribution is -2.32. The second-order valence-electron chi connectivity index (χ2n) is 18.0. The van der Waals surface area contributed by atoms with Gasteiger partial charge in [-0.3, -0.25) is 0 Å². The number of amides is 1. The summed E-state index contributed by atoms with van der Waals surface area (Å²) in [6.07, 6.45) is 2.23. The van der Waals surface area contributed by atoms with E-state index in [9.17, 15) is 19.2 Å². The molecule has 0 aliphatic carbocycles. The average Bonchev–Trinajstić information content (AvgIpc) is 3.64. The lowest BCUT2D eigenvalue weighted by atomic mass is 10.1. The number of nitrogens with zero attached hydrogens (tertiary/aromatic N) is 3. The van der Waals surface area contributed by atoms with Gasteiger partial charge < -0.3 is 29.2 Å². The number of ether oxygens (including phenoxy) is 4. The summed E-state index contributed by atoms with van der Waals surface area (Å²) in [7, 11) is 0. The van der Waals surface area contributed by atoms with E-state index in [0.717, 1.165) is 16.2 Å². The number of hydrogen-bond donors (Lipinski definition) is 2. The van der Waals surface area contributed by atoms with Crippen LogP contribution >= 0.6 is 39.1 Å². The SMILES string of the molecule is CC(C)(C)OC(=O)NCc1nc2c(ccc3c[nH]c(Cl)cc32)c1C(=O)OC(C)(C)C.CC(C)(C)OC(=O)c1c(CBr)n(C(=O)OC(C)(C)C)c2c1ccc1cnc(Cl)cc12. The summed E-state index contributed by atoms with van der Waals surface area (Å²) in [6.45, 7) is 21.5. The van der Waals surface area contributed by atoms with Gasteiger partial charge in [0.15, 0.2) is 0 Å². The maximum Gasteiger partial charge on any atom is 0.419 e. The molecule has 0 atom stereocenters. The largest absolute Gasteiger partial charge is 0.456 e. The first kappa shape index (κ1) is 46.2. The molecule has 0 radical (unpaired) electrons. The fourth-order valence-corrected chi connectivity index (χ4v) is 7.11. The van der Waals surface area contributed by atoms with Crippen molar-refractivity contribution in [2.24, 2.45) is 0 Å². The highest BCUT2D eigenvalue weighted by Gasteiger charge is 2.32. The molecule has 4 aromatic heterocycles. The number of nitrogens with one attached hydrogen (secondary N) is 2. The molecule has 0 saturated heterocycles. The predicted molar refractivity (Wildman–Crippen MR) is 239 cm³/mol. The molecule has 16 heteroatoms. The lowest BCUT2D eigenvalue weighted by molar-refractivity contribution is 0.00576. The van der Waals surface area contributed by atoms with Crippen LogP contribution in [0.1, 0.15) is 115 Å². The number of esters is 2. The Balaban J connectivity index is 0.000000228. The number of carbonyl (C=O) groups excluding carboxylic acids is 4. The molecule has 60 heavy (non-hydrogen) atoms. The van der Waals surface area contributed by atoms with Gasteiger partial charge in [0.2, 0.25) is 0 Å². The number of halogens is 3. The van der Waals surface area contributed by atoms with Crippen LogP contribution in [0, 0.1) is 0 Å². The summed E-state index contributed by atoms with van der Waals surface area (Å²) in [6, 6.07) is 10.8. The van der Waals surface area contributed by atoms with Crippen molar-refractivity contribution in [3.63, 3.8) is 0 Å². The highest BCUT2D eigenvalue weighted by Crippen LogP contribution is 2.36. The first-order chi connectivity index (χ1) is 27.7. The Morgan fingerprint density at radius 3 is 1.87 bits per heavy atom. The van der Waals surface area contributed by atoms with E-state index in [1.165, 1.54) is 4.57 Å². The van der Waals surface area contributed by atoms with Gasteiger partial charge in [0.1, 0.15) is 32.7 Å². The summed E-state index contributed by atoms with van der Waals surface area (Å²) in [5.74, 6) is -1.01. The van der Waals surface area contributed by atoms with Crippen LogP contribution in [-0.2, 0) is 30.8 Å². The summed E-state index contributed by atoms with van der Waals surface area (Å²) < 4.78 is 23.6. The second kappa shape index (κ2) is 17.2. The molecule has 0 saturated carbocycles. The molecule has 6 aromatic rings. The van der Waals surface area contributed by atoms with E-state index in [4.69, 9.17) is 42.1 Å². The molecule has 1 amide bonds. The number of alkyl carbamates (subject to hydrolysis) is 1. The third-order valence-corrected chi connectivity index (χ3v) is 9.25. The zero-order valence-corrected chi connectivity index (χ0v) is 38.9. The van der Waals surface area contributed by atoms with Crippen LogP contribution in [0.3, 0.4) is 0 Å². The Morgan fingerprint density at radius 1 is 0.717 bits per heavy atom. The Labute approximate surface area is 366 Å². The molecule has 0 unspecified atom stereocenters. The van der Waals surface area contributed by atoms with E-state index in [1.807, 2.05) is 18.2 Å². The van der Waals surface area contributed by atoms with E-state index >= 15 is 0 Å². The van der Waals surface area contributed by atoms with Crippen molar-refractivity contribution in [2.75, 3.05) is 0 Å². The number of aromatic nitrogens is 4. The zero-order chi connectivity index (χ0) is 44.7. The van der Waals surface area contributed by atoms with Crippen LogP contribution in [0.4, 0.5) is 9.59 Å². The first-order valence-electron chi connectivity index (χ1n) is 19.1. The number of alkyl halides is 1. The smallest absolute Gasteiger partial charge is 0.419 e. The van der Waals surface area contributed by atoms with Crippen molar-refractivity contribution in [1.29, 1.82) is 0 Å². The van der Waals surface area contributed by atoms with Gasteiger partial charge in [-0.2, -0.15) is 0 Å². The summed E-state index contributed by atoms with van der Waals surface area (Å²) >= 11 is 15.7. The highest BCUT2D eigenvalue weighted by atomic mass is 79.9. The Hall–Kier alpha value is -4.92. The molecule has 0 bridgehead atoms. The summed E-state index contributed by atoms with van der Waals surface area (Å²) in [4.78, 5) is 63.2. The number of H-pyrrole nitrogens is 1. The van der Waals surface area contributed by atoms with E-state index in [-0.39, 0.29) is 17.0 Å². The molecule has 0 spiro atoms. The summed E-state index contributed by atoms with van der Waals surface area (Å²) in [5.41, 5.74) is -0.0725. The minimum atomic E-state index is -0.715. The van der Waals surface area contributed by atoms with E-state index in [0.29, 0.717) is 54.9 Å². The number of fused-ring (bicyclic) bond motifs is 6.